The molecule has 0 fully saturated rings. The number of hydrogen-bond acceptors (Lipinski definition) is 6. The summed E-state index contributed by atoms with van der Waals surface area (Å²) in [6.07, 6.45) is 4.73. The largest absolute Gasteiger partial charge is 0.368 e. The molecule has 4 heterocycles. The van der Waals surface area contributed by atoms with Crippen LogP contribution in [0.2, 0.25) is 0 Å². The van der Waals surface area contributed by atoms with Gasteiger partial charge in [0.15, 0.2) is 0 Å². The predicted molar refractivity (Wildman–Crippen MR) is 87.1 cm³/mol. The molecule has 1 atom stereocenters. The zero-order chi connectivity index (χ0) is 14.9. The van der Waals surface area contributed by atoms with Gasteiger partial charge >= 0.3 is 0 Å². The minimum atomic E-state index is 0.582. The van der Waals surface area contributed by atoms with Gasteiger partial charge in [-0.05, 0) is 23.8 Å². The number of fused-ring (bicyclic) bond motifs is 2. The molecule has 0 aromatic carbocycles. The third-order valence-corrected chi connectivity index (χ3v) is 5.15. The lowest BCUT2D eigenvalue weighted by atomic mass is 9.99. The maximum atomic E-state index is 4.39. The van der Waals surface area contributed by atoms with Crippen molar-refractivity contribution in [2.75, 3.05) is 11.9 Å². The highest BCUT2D eigenvalue weighted by Gasteiger charge is 2.22. The Morgan fingerprint density at radius 3 is 3.23 bits per heavy atom. The van der Waals surface area contributed by atoms with Crippen molar-refractivity contribution < 1.29 is 0 Å². The molecule has 0 saturated heterocycles. The van der Waals surface area contributed by atoms with Gasteiger partial charge in [-0.3, -0.25) is 0 Å². The minimum Gasteiger partial charge on any atom is -0.368 e. The van der Waals surface area contributed by atoms with Gasteiger partial charge in [-0.1, -0.05) is 6.92 Å². The standard InChI is InChI=1S/C15H18N6S/c1-2-12-19-20-13-4-3-10(8-21(12)13)7-16-15-14-11(5-6-22-14)17-9-18-15/h5-6,9-10H,2-4,7-8H2,1H3,(H,16,17,18)/t10-/m1/s1. The molecule has 0 bridgehead atoms. The molecule has 0 aliphatic carbocycles. The summed E-state index contributed by atoms with van der Waals surface area (Å²) in [7, 11) is 0. The highest BCUT2D eigenvalue weighted by atomic mass is 32.1. The summed E-state index contributed by atoms with van der Waals surface area (Å²) >= 11 is 1.68. The van der Waals surface area contributed by atoms with Gasteiger partial charge in [-0.15, -0.1) is 21.5 Å². The number of nitrogens with zero attached hydrogens (tertiary/aromatic N) is 5. The molecule has 0 unspecified atom stereocenters. The highest BCUT2D eigenvalue weighted by molar-refractivity contribution is 7.17. The van der Waals surface area contributed by atoms with Crippen LogP contribution in [0.5, 0.6) is 0 Å². The Morgan fingerprint density at radius 1 is 1.36 bits per heavy atom. The average Bonchev–Trinajstić information content (AvgIpc) is 3.18. The van der Waals surface area contributed by atoms with Crippen molar-refractivity contribution in [2.45, 2.75) is 32.7 Å². The number of aryl methyl sites for hydroxylation is 2. The molecular weight excluding hydrogens is 296 g/mol. The molecule has 3 aromatic heterocycles. The van der Waals surface area contributed by atoms with Crippen LogP contribution < -0.4 is 5.32 Å². The van der Waals surface area contributed by atoms with Crippen LogP contribution in [0.15, 0.2) is 17.8 Å². The zero-order valence-corrected chi connectivity index (χ0v) is 13.3. The highest BCUT2D eigenvalue weighted by Crippen LogP contribution is 2.26. The molecule has 1 N–H and O–H groups in total. The lowest BCUT2D eigenvalue weighted by molar-refractivity contribution is 0.374. The molecule has 0 saturated carbocycles. The Hall–Kier alpha value is -2.02. The van der Waals surface area contributed by atoms with E-state index in [1.54, 1.807) is 17.7 Å². The summed E-state index contributed by atoms with van der Waals surface area (Å²) in [4.78, 5) is 8.67. The number of aromatic nitrogens is 5. The van der Waals surface area contributed by atoms with Gasteiger partial charge in [0.2, 0.25) is 0 Å². The first kappa shape index (κ1) is 13.6. The van der Waals surface area contributed by atoms with E-state index in [1.165, 1.54) is 0 Å². The minimum absolute atomic E-state index is 0.582. The lowest BCUT2D eigenvalue weighted by Crippen LogP contribution is -2.27. The fourth-order valence-electron chi connectivity index (χ4n) is 3.03. The Morgan fingerprint density at radius 2 is 2.32 bits per heavy atom. The van der Waals surface area contributed by atoms with Gasteiger partial charge < -0.3 is 9.88 Å². The second kappa shape index (κ2) is 5.64. The van der Waals surface area contributed by atoms with Crippen LogP contribution in [0.3, 0.4) is 0 Å². The van der Waals surface area contributed by atoms with E-state index in [2.05, 4.69) is 42.4 Å². The van der Waals surface area contributed by atoms with Crippen LogP contribution in [0.25, 0.3) is 10.2 Å². The van der Waals surface area contributed by atoms with Crippen molar-refractivity contribution >= 4 is 27.4 Å². The molecular formula is C15H18N6S. The van der Waals surface area contributed by atoms with E-state index in [0.29, 0.717) is 5.92 Å². The van der Waals surface area contributed by atoms with Crippen LogP contribution in [0, 0.1) is 5.92 Å². The van der Waals surface area contributed by atoms with Crippen molar-refractivity contribution in [2.24, 2.45) is 5.92 Å². The van der Waals surface area contributed by atoms with E-state index in [4.69, 9.17) is 0 Å². The number of hydrogen-bond donors (Lipinski definition) is 1. The normalized spacial score (nSPS) is 17.6. The van der Waals surface area contributed by atoms with E-state index in [0.717, 1.165) is 60.0 Å². The Bertz CT molecular complexity index is 779. The fraction of sp³-hybridized carbons (Fsp3) is 0.467. The number of anilines is 1. The van der Waals surface area contributed by atoms with E-state index < -0.39 is 0 Å². The van der Waals surface area contributed by atoms with Gasteiger partial charge in [-0.2, -0.15) is 0 Å². The molecule has 4 rings (SSSR count). The van der Waals surface area contributed by atoms with Gasteiger partial charge in [-0.25, -0.2) is 9.97 Å². The maximum absolute atomic E-state index is 4.39. The molecule has 3 aromatic rings. The molecule has 7 heteroatoms. The molecule has 0 spiro atoms. The summed E-state index contributed by atoms with van der Waals surface area (Å²) in [5.74, 6) is 3.77. The van der Waals surface area contributed by atoms with Crippen LogP contribution in [-0.4, -0.2) is 31.3 Å². The monoisotopic (exact) mass is 314 g/mol. The van der Waals surface area contributed by atoms with Crippen molar-refractivity contribution in [1.29, 1.82) is 0 Å². The third-order valence-electron chi connectivity index (χ3n) is 4.24. The van der Waals surface area contributed by atoms with E-state index in [1.807, 2.05) is 6.07 Å². The summed E-state index contributed by atoms with van der Waals surface area (Å²) in [5.41, 5.74) is 1.01. The van der Waals surface area contributed by atoms with Gasteiger partial charge in [0.1, 0.15) is 23.8 Å². The molecule has 1 aliphatic heterocycles. The summed E-state index contributed by atoms with van der Waals surface area (Å²) in [5, 5.41) is 14.1. The zero-order valence-electron chi connectivity index (χ0n) is 12.5. The van der Waals surface area contributed by atoms with E-state index >= 15 is 0 Å². The van der Waals surface area contributed by atoms with Crippen molar-refractivity contribution in [3.8, 4) is 0 Å². The van der Waals surface area contributed by atoms with Crippen LogP contribution in [-0.2, 0) is 19.4 Å². The van der Waals surface area contributed by atoms with E-state index in [9.17, 15) is 0 Å². The second-order valence-corrected chi connectivity index (χ2v) is 6.56. The number of nitrogens with one attached hydrogen (secondary N) is 1. The van der Waals surface area contributed by atoms with Crippen LogP contribution >= 0.6 is 11.3 Å². The number of thiophene rings is 1. The fourth-order valence-corrected chi connectivity index (χ4v) is 3.85. The summed E-state index contributed by atoms with van der Waals surface area (Å²) < 4.78 is 3.42. The second-order valence-electron chi connectivity index (χ2n) is 5.64. The molecule has 22 heavy (non-hydrogen) atoms. The van der Waals surface area contributed by atoms with Crippen LogP contribution in [0.4, 0.5) is 5.82 Å². The molecule has 6 nitrogen and oxygen atoms in total. The Kier molecular flexibility index (Phi) is 3.49. The van der Waals surface area contributed by atoms with Crippen molar-refractivity contribution in [1.82, 2.24) is 24.7 Å². The van der Waals surface area contributed by atoms with Gasteiger partial charge in [0.25, 0.3) is 0 Å². The summed E-state index contributed by atoms with van der Waals surface area (Å²) in [6, 6.07) is 2.03. The Labute approximate surface area is 132 Å². The lowest BCUT2D eigenvalue weighted by Gasteiger charge is -2.24. The predicted octanol–water partition coefficient (Wildman–Crippen LogP) is 2.52. The molecule has 0 amide bonds. The third kappa shape index (κ3) is 2.35. The first-order chi connectivity index (χ1) is 10.8. The molecule has 114 valence electrons. The van der Waals surface area contributed by atoms with Crippen LogP contribution in [0.1, 0.15) is 25.0 Å². The van der Waals surface area contributed by atoms with E-state index in [-0.39, 0.29) is 0 Å². The first-order valence-corrected chi connectivity index (χ1v) is 8.56. The first-order valence-electron chi connectivity index (χ1n) is 7.68. The Balaban J connectivity index is 1.48. The topological polar surface area (TPSA) is 68.5 Å². The summed E-state index contributed by atoms with van der Waals surface area (Å²) in [6.45, 7) is 4.05. The average molecular weight is 314 g/mol. The van der Waals surface area contributed by atoms with Crippen molar-refractivity contribution in [3.63, 3.8) is 0 Å². The van der Waals surface area contributed by atoms with Gasteiger partial charge in [0.05, 0.1) is 10.2 Å². The SMILES string of the molecule is CCc1nnc2n1C[C@@H](CNc1ncnc3ccsc13)CC2. The maximum Gasteiger partial charge on any atom is 0.147 e. The smallest absolute Gasteiger partial charge is 0.147 e. The number of rotatable bonds is 4. The quantitative estimate of drug-likeness (QED) is 0.801. The molecule has 0 radical (unpaired) electrons. The molecule has 1 aliphatic rings. The van der Waals surface area contributed by atoms with Crippen molar-refractivity contribution in [3.05, 3.63) is 29.4 Å². The van der Waals surface area contributed by atoms with Gasteiger partial charge in [0, 0.05) is 25.9 Å².